The maximum absolute atomic E-state index is 5.61. The van der Waals surface area contributed by atoms with Crippen molar-refractivity contribution in [3.05, 3.63) is 18.0 Å². The molecule has 0 radical (unpaired) electrons. The van der Waals surface area contributed by atoms with Crippen molar-refractivity contribution in [1.82, 2.24) is 30.1 Å². The Labute approximate surface area is 107 Å². The Bertz CT molecular complexity index is 702. The van der Waals surface area contributed by atoms with Crippen molar-refractivity contribution in [2.75, 3.05) is 17.6 Å². The van der Waals surface area contributed by atoms with Gasteiger partial charge >= 0.3 is 0 Å². The van der Waals surface area contributed by atoms with Crippen LogP contribution < -0.4 is 11.1 Å². The second-order valence-corrected chi connectivity index (χ2v) is 3.94. The number of nitrogen functional groups attached to an aromatic ring is 1. The third-order valence-electron chi connectivity index (χ3n) is 2.51. The first-order valence-corrected chi connectivity index (χ1v) is 5.72. The summed E-state index contributed by atoms with van der Waals surface area (Å²) < 4.78 is 4.89. The van der Waals surface area contributed by atoms with Crippen LogP contribution in [0.3, 0.4) is 0 Å². The number of nitrogens with zero attached hydrogens (tertiary/aromatic N) is 5. The fourth-order valence-corrected chi connectivity index (χ4v) is 1.71. The van der Waals surface area contributed by atoms with E-state index in [-0.39, 0.29) is 5.95 Å². The van der Waals surface area contributed by atoms with Gasteiger partial charge in [-0.2, -0.15) is 15.0 Å². The van der Waals surface area contributed by atoms with Crippen LogP contribution in [0.15, 0.2) is 10.9 Å². The highest BCUT2D eigenvalue weighted by atomic mass is 16.5. The van der Waals surface area contributed by atoms with Gasteiger partial charge in [0.15, 0.2) is 17.3 Å². The van der Waals surface area contributed by atoms with Crippen LogP contribution in [0.2, 0.25) is 0 Å². The van der Waals surface area contributed by atoms with Crippen LogP contribution in [0.25, 0.3) is 11.2 Å². The topological polar surface area (TPSA) is 131 Å². The summed E-state index contributed by atoms with van der Waals surface area (Å²) in [4.78, 5) is 19.3. The molecule has 3 heterocycles. The summed E-state index contributed by atoms with van der Waals surface area (Å²) in [6.07, 6.45) is 2.17. The van der Waals surface area contributed by atoms with E-state index in [1.807, 2.05) is 0 Å². The molecular formula is C10H12N8O. The molecule has 0 atom stereocenters. The molecular weight excluding hydrogens is 248 g/mol. The van der Waals surface area contributed by atoms with Crippen molar-refractivity contribution >= 4 is 22.9 Å². The number of imidazole rings is 1. The average Bonchev–Trinajstić information content (AvgIpc) is 2.98. The molecule has 0 fully saturated rings. The Hall–Kier alpha value is -2.71. The molecule has 0 amide bonds. The molecule has 0 saturated heterocycles. The zero-order valence-electron chi connectivity index (χ0n) is 10.2. The Balaban J connectivity index is 1.73. The lowest BCUT2D eigenvalue weighted by molar-refractivity contribution is 0.387. The highest BCUT2D eigenvalue weighted by Gasteiger charge is 2.08. The second-order valence-electron chi connectivity index (χ2n) is 3.94. The highest BCUT2D eigenvalue weighted by Crippen LogP contribution is 2.16. The van der Waals surface area contributed by atoms with E-state index >= 15 is 0 Å². The van der Waals surface area contributed by atoms with E-state index in [0.717, 1.165) is 5.52 Å². The number of anilines is 2. The number of aromatic amines is 1. The zero-order valence-corrected chi connectivity index (χ0v) is 10.2. The van der Waals surface area contributed by atoms with Crippen molar-refractivity contribution in [1.29, 1.82) is 0 Å². The Morgan fingerprint density at radius 1 is 1.37 bits per heavy atom. The van der Waals surface area contributed by atoms with E-state index in [1.54, 1.807) is 13.3 Å². The maximum atomic E-state index is 5.61. The second kappa shape index (κ2) is 4.52. The molecule has 0 bridgehead atoms. The van der Waals surface area contributed by atoms with Gasteiger partial charge in [-0.25, -0.2) is 4.98 Å². The van der Waals surface area contributed by atoms with Crippen LogP contribution in [-0.2, 0) is 6.42 Å². The van der Waals surface area contributed by atoms with E-state index in [1.165, 1.54) is 0 Å². The normalized spacial score (nSPS) is 11.0. The van der Waals surface area contributed by atoms with Crippen molar-refractivity contribution in [3.8, 4) is 0 Å². The first kappa shape index (κ1) is 11.4. The predicted molar refractivity (Wildman–Crippen MR) is 67.3 cm³/mol. The van der Waals surface area contributed by atoms with Crippen molar-refractivity contribution in [2.24, 2.45) is 0 Å². The summed E-state index contributed by atoms with van der Waals surface area (Å²) in [6, 6.07) is 0. The van der Waals surface area contributed by atoms with Crippen LogP contribution in [0.4, 0.5) is 11.8 Å². The van der Waals surface area contributed by atoms with Crippen molar-refractivity contribution in [3.63, 3.8) is 0 Å². The minimum Gasteiger partial charge on any atom is -0.368 e. The fourth-order valence-electron chi connectivity index (χ4n) is 1.71. The van der Waals surface area contributed by atoms with E-state index in [0.29, 0.717) is 36.1 Å². The molecule has 0 spiro atoms. The van der Waals surface area contributed by atoms with Gasteiger partial charge in [0.25, 0.3) is 0 Å². The fraction of sp³-hybridized carbons (Fsp3) is 0.300. The Morgan fingerprint density at radius 3 is 3.05 bits per heavy atom. The molecule has 4 N–H and O–H groups in total. The lowest BCUT2D eigenvalue weighted by atomic mass is 10.4. The number of H-pyrrole nitrogens is 1. The minimum absolute atomic E-state index is 0.178. The molecule has 3 rings (SSSR count). The number of fused-ring (bicyclic) bond motifs is 1. The Morgan fingerprint density at radius 2 is 2.26 bits per heavy atom. The first-order valence-electron chi connectivity index (χ1n) is 5.72. The van der Waals surface area contributed by atoms with Gasteiger partial charge < -0.3 is 20.6 Å². The summed E-state index contributed by atoms with van der Waals surface area (Å²) in [7, 11) is 0. The molecule has 9 heteroatoms. The third-order valence-corrected chi connectivity index (χ3v) is 2.51. The van der Waals surface area contributed by atoms with E-state index in [4.69, 9.17) is 10.3 Å². The standard InChI is InChI=1S/C10H12N8O/c1-5-15-6(18-19-5)2-3-12-8-7-9(14-4-13-7)17-10(11)16-8/h4H,2-3H2,1H3,(H4,11,12,13,14,16,17). The minimum atomic E-state index is 0.178. The van der Waals surface area contributed by atoms with Crippen LogP contribution in [-0.4, -0.2) is 36.6 Å². The monoisotopic (exact) mass is 260 g/mol. The van der Waals surface area contributed by atoms with Gasteiger partial charge in [-0.3, -0.25) is 0 Å². The number of aromatic nitrogens is 6. The highest BCUT2D eigenvalue weighted by molar-refractivity contribution is 5.83. The molecule has 3 aromatic rings. The van der Waals surface area contributed by atoms with Crippen LogP contribution in [0, 0.1) is 6.92 Å². The van der Waals surface area contributed by atoms with E-state index < -0.39 is 0 Å². The molecule has 0 aromatic carbocycles. The summed E-state index contributed by atoms with van der Waals surface area (Å²) in [5.74, 6) is 1.99. The molecule has 98 valence electrons. The van der Waals surface area contributed by atoms with E-state index in [2.05, 4.69) is 35.4 Å². The first-order chi connectivity index (χ1) is 9.22. The largest absolute Gasteiger partial charge is 0.368 e. The smallest absolute Gasteiger partial charge is 0.224 e. The predicted octanol–water partition coefficient (Wildman–Crippen LogP) is 0.281. The maximum Gasteiger partial charge on any atom is 0.224 e. The molecule has 19 heavy (non-hydrogen) atoms. The lowest BCUT2D eigenvalue weighted by Gasteiger charge is -2.05. The summed E-state index contributed by atoms with van der Waals surface area (Å²) in [5.41, 5.74) is 6.87. The SMILES string of the molecule is Cc1nc(CCNc2nc(N)nc3nc[nH]c23)no1. The third kappa shape index (κ3) is 2.30. The molecule has 0 aliphatic carbocycles. The molecule has 0 aliphatic heterocycles. The van der Waals surface area contributed by atoms with E-state index in [9.17, 15) is 0 Å². The number of nitrogens with one attached hydrogen (secondary N) is 2. The molecule has 3 aromatic heterocycles. The van der Waals surface area contributed by atoms with Crippen LogP contribution >= 0.6 is 0 Å². The molecule has 9 nitrogen and oxygen atoms in total. The van der Waals surface area contributed by atoms with Gasteiger partial charge in [0.2, 0.25) is 11.8 Å². The summed E-state index contributed by atoms with van der Waals surface area (Å²) in [5, 5.41) is 6.96. The van der Waals surface area contributed by atoms with Gasteiger partial charge in [0.1, 0.15) is 5.52 Å². The number of hydrogen-bond acceptors (Lipinski definition) is 8. The molecule has 0 aliphatic rings. The van der Waals surface area contributed by atoms with Gasteiger partial charge in [-0.1, -0.05) is 5.16 Å². The van der Waals surface area contributed by atoms with Gasteiger partial charge in [0.05, 0.1) is 6.33 Å². The number of hydrogen-bond donors (Lipinski definition) is 3. The van der Waals surface area contributed by atoms with Gasteiger partial charge in [-0.15, -0.1) is 0 Å². The van der Waals surface area contributed by atoms with Crippen molar-refractivity contribution in [2.45, 2.75) is 13.3 Å². The number of nitrogens with two attached hydrogens (primary N) is 1. The summed E-state index contributed by atoms with van der Waals surface area (Å²) >= 11 is 0. The van der Waals surface area contributed by atoms with Crippen LogP contribution in [0.1, 0.15) is 11.7 Å². The van der Waals surface area contributed by atoms with Gasteiger partial charge in [-0.05, 0) is 0 Å². The Kier molecular flexibility index (Phi) is 2.71. The lowest BCUT2D eigenvalue weighted by Crippen LogP contribution is -2.09. The van der Waals surface area contributed by atoms with Crippen molar-refractivity contribution < 1.29 is 4.52 Å². The summed E-state index contributed by atoms with van der Waals surface area (Å²) in [6.45, 7) is 2.35. The molecule has 0 unspecified atom stereocenters. The number of rotatable bonds is 4. The van der Waals surface area contributed by atoms with Crippen LogP contribution in [0.5, 0.6) is 0 Å². The number of aryl methyl sites for hydroxylation is 1. The quantitative estimate of drug-likeness (QED) is 0.609. The molecule has 0 saturated carbocycles. The zero-order chi connectivity index (χ0) is 13.2. The average molecular weight is 260 g/mol. The van der Waals surface area contributed by atoms with Gasteiger partial charge in [0, 0.05) is 19.9 Å².